The molecule has 0 bridgehead atoms. The van der Waals surface area contributed by atoms with Gasteiger partial charge < -0.3 is 14.5 Å². The molecule has 1 rings (SSSR count). The minimum atomic E-state index is -4.46. The van der Waals surface area contributed by atoms with Crippen LogP contribution in [0.3, 0.4) is 0 Å². The van der Waals surface area contributed by atoms with E-state index in [2.05, 4.69) is 9.72 Å². The maximum Gasteiger partial charge on any atom is 0.439 e. The molecule has 6 nitrogen and oxygen atoms in total. The van der Waals surface area contributed by atoms with Crippen molar-refractivity contribution in [2.24, 2.45) is 0 Å². The van der Waals surface area contributed by atoms with E-state index in [0.29, 0.717) is 4.34 Å². The molecule has 12 heavy (non-hydrogen) atoms. The van der Waals surface area contributed by atoms with Gasteiger partial charge in [-0.1, -0.05) is 11.6 Å². The van der Waals surface area contributed by atoms with Crippen molar-refractivity contribution in [3.63, 3.8) is 0 Å². The van der Waals surface area contributed by atoms with Gasteiger partial charge in [0, 0.05) is 0 Å². The number of methoxy groups -OCH3 is 1. The van der Waals surface area contributed by atoms with E-state index in [1.807, 2.05) is 0 Å². The van der Waals surface area contributed by atoms with Crippen LogP contribution < -0.4 is 4.74 Å². The first-order valence-corrected chi connectivity index (χ1v) is 4.74. The smallest absolute Gasteiger partial charge is 0.439 e. The molecule has 68 valence electrons. The summed E-state index contributed by atoms with van der Waals surface area (Å²) in [6.45, 7) is 0. The SMILES string of the molecule is COc1ncc(Cl)n1P(=O)(O)O. The summed E-state index contributed by atoms with van der Waals surface area (Å²) in [4.78, 5) is 21.0. The zero-order chi connectivity index (χ0) is 9.35. The summed E-state index contributed by atoms with van der Waals surface area (Å²) in [6.07, 6.45) is 1.10. The third-order valence-electron chi connectivity index (χ3n) is 1.11. The molecule has 0 aliphatic carbocycles. The fourth-order valence-corrected chi connectivity index (χ4v) is 1.76. The Labute approximate surface area is 73.0 Å². The van der Waals surface area contributed by atoms with Crippen LogP contribution in [-0.4, -0.2) is 26.2 Å². The van der Waals surface area contributed by atoms with Gasteiger partial charge in [-0.15, -0.1) is 0 Å². The van der Waals surface area contributed by atoms with Gasteiger partial charge in [0.1, 0.15) is 5.15 Å². The van der Waals surface area contributed by atoms with E-state index in [1.54, 1.807) is 0 Å². The molecule has 1 heterocycles. The number of aromatic nitrogens is 2. The predicted octanol–water partition coefficient (Wildman–Crippen LogP) is 0.486. The second-order valence-electron chi connectivity index (χ2n) is 1.89. The van der Waals surface area contributed by atoms with Crippen molar-refractivity contribution in [1.82, 2.24) is 9.32 Å². The van der Waals surface area contributed by atoms with Gasteiger partial charge in [-0.2, -0.15) is 4.34 Å². The highest BCUT2D eigenvalue weighted by atomic mass is 35.5. The van der Waals surface area contributed by atoms with Gasteiger partial charge in [0.05, 0.1) is 13.3 Å². The van der Waals surface area contributed by atoms with Crippen molar-refractivity contribution < 1.29 is 19.1 Å². The maximum atomic E-state index is 10.7. The molecule has 0 aliphatic heterocycles. The van der Waals surface area contributed by atoms with Crippen LogP contribution in [0.1, 0.15) is 0 Å². The minimum Gasteiger partial charge on any atom is -0.468 e. The maximum absolute atomic E-state index is 10.7. The highest BCUT2D eigenvalue weighted by Crippen LogP contribution is 2.43. The van der Waals surface area contributed by atoms with Gasteiger partial charge in [0.25, 0.3) is 0 Å². The van der Waals surface area contributed by atoms with E-state index in [1.165, 1.54) is 7.11 Å². The highest BCUT2D eigenvalue weighted by Gasteiger charge is 2.24. The van der Waals surface area contributed by atoms with Crippen LogP contribution in [0, 0.1) is 0 Å². The topological polar surface area (TPSA) is 84.6 Å². The number of halogens is 1. The summed E-state index contributed by atoms with van der Waals surface area (Å²) in [6, 6.07) is -0.215. The Kier molecular flexibility index (Phi) is 2.44. The molecule has 2 N–H and O–H groups in total. The number of hydrogen-bond acceptors (Lipinski definition) is 3. The molecule has 1 aromatic rings. The molecule has 0 amide bonds. The van der Waals surface area contributed by atoms with E-state index < -0.39 is 7.75 Å². The van der Waals surface area contributed by atoms with Gasteiger partial charge in [-0.3, -0.25) is 0 Å². The lowest BCUT2D eigenvalue weighted by molar-refractivity contribution is 0.333. The van der Waals surface area contributed by atoms with Crippen LogP contribution in [0.4, 0.5) is 0 Å². The minimum absolute atomic E-state index is 0.166. The van der Waals surface area contributed by atoms with Gasteiger partial charge >= 0.3 is 13.8 Å². The highest BCUT2D eigenvalue weighted by molar-refractivity contribution is 7.50. The van der Waals surface area contributed by atoms with Gasteiger partial charge in [0.2, 0.25) is 0 Å². The largest absolute Gasteiger partial charge is 0.468 e. The van der Waals surface area contributed by atoms with E-state index in [0.717, 1.165) is 6.20 Å². The molecule has 0 unspecified atom stereocenters. The number of ether oxygens (including phenoxy) is 1. The van der Waals surface area contributed by atoms with Crippen LogP contribution in [0.25, 0.3) is 0 Å². The summed E-state index contributed by atoms with van der Waals surface area (Å²) in [7, 11) is -3.22. The van der Waals surface area contributed by atoms with Gasteiger partial charge in [0.15, 0.2) is 0 Å². The lowest BCUT2D eigenvalue weighted by atomic mass is 11.0. The van der Waals surface area contributed by atoms with E-state index in [-0.39, 0.29) is 11.2 Å². The van der Waals surface area contributed by atoms with Crippen molar-refractivity contribution in [2.45, 2.75) is 0 Å². The van der Waals surface area contributed by atoms with Gasteiger partial charge in [-0.25, -0.2) is 9.55 Å². The summed E-state index contributed by atoms with van der Waals surface area (Å²) in [5, 5.41) is -0.166. The lowest BCUT2D eigenvalue weighted by Crippen LogP contribution is -1.99. The van der Waals surface area contributed by atoms with Crippen LogP contribution >= 0.6 is 19.3 Å². The Morgan fingerprint density at radius 1 is 1.75 bits per heavy atom. The molecule has 0 radical (unpaired) electrons. The van der Waals surface area contributed by atoms with Crippen LogP contribution in [-0.2, 0) is 4.57 Å². The van der Waals surface area contributed by atoms with Crippen molar-refractivity contribution in [3.05, 3.63) is 11.3 Å². The number of hydrogen-bond donors (Lipinski definition) is 2. The fourth-order valence-electron chi connectivity index (χ4n) is 0.684. The second-order valence-corrected chi connectivity index (χ2v) is 3.71. The summed E-state index contributed by atoms with van der Waals surface area (Å²) in [5.41, 5.74) is 0. The number of imidazole rings is 1. The zero-order valence-corrected chi connectivity index (χ0v) is 7.66. The fraction of sp³-hybridized carbons (Fsp3) is 0.250. The quantitative estimate of drug-likeness (QED) is 0.697. The number of rotatable bonds is 2. The standard InChI is InChI=1S/C4H6ClN2O4P/c1-11-4-6-2-3(5)7(4)12(8,9)10/h2H,1H3,(H2,8,9,10). The lowest BCUT2D eigenvalue weighted by Gasteiger charge is -2.07. The molecule has 0 saturated carbocycles. The van der Waals surface area contributed by atoms with Crippen molar-refractivity contribution in [1.29, 1.82) is 0 Å². The Morgan fingerprint density at radius 3 is 2.67 bits per heavy atom. The molecule has 0 spiro atoms. The van der Waals surface area contributed by atoms with Crippen LogP contribution in [0.2, 0.25) is 5.15 Å². The molecule has 0 fully saturated rings. The van der Waals surface area contributed by atoms with Crippen LogP contribution in [0.15, 0.2) is 6.20 Å². The third-order valence-corrected chi connectivity index (χ3v) is 2.40. The molecule has 0 aromatic carbocycles. The average molecular weight is 213 g/mol. The zero-order valence-electron chi connectivity index (χ0n) is 6.01. The van der Waals surface area contributed by atoms with Crippen molar-refractivity contribution in [3.8, 4) is 6.01 Å². The number of nitrogens with zero attached hydrogens (tertiary/aromatic N) is 2. The first kappa shape index (κ1) is 9.54. The molecular formula is C4H6ClN2O4P. The third kappa shape index (κ3) is 1.61. The molecule has 0 aliphatic rings. The Hall–Kier alpha value is -0.550. The van der Waals surface area contributed by atoms with Crippen molar-refractivity contribution in [2.75, 3.05) is 7.11 Å². The summed E-state index contributed by atoms with van der Waals surface area (Å²) >= 11 is 5.44. The first-order chi connectivity index (χ1) is 5.46. The van der Waals surface area contributed by atoms with E-state index >= 15 is 0 Å². The monoisotopic (exact) mass is 212 g/mol. The van der Waals surface area contributed by atoms with Crippen molar-refractivity contribution >= 4 is 19.3 Å². The van der Waals surface area contributed by atoms with Gasteiger partial charge in [-0.05, 0) is 0 Å². The molecular weight excluding hydrogens is 206 g/mol. The predicted molar refractivity (Wildman–Crippen MR) is 41.2 cm³/mol. The molecule has 0 atom stereocenters. The Bertz CT molecular complexity index is 332. The molecule has 1 aromatic heterocycles. The normalized spacial score (nSPS) is 11.7. The average Bonchev–Trinajstić information content (AvgIpc) is 2.29. The first-order valence-electron chi connectivity index (χ1n) is 2.80. The summed E-state index contributed by atoms with van der Waals surface area (Å²) in [5.74, 6) is 0. The Balaban J connectivity index is 3.29. The summed E-state index contributed by atoms with van der Waals surface area (Å²) < 4.78 is 15.8. The van der Waals surface area contributed by atoms with E-state index in [9.17, 15) is 4.57 Å². The molecule has 0 saturated heterocycles. The molecule has 8 heteroatoms. The Morgan fingerprint density at radius 2 is 2.33 bits per heavy atom. The second kappa shape index (κ2) is 3.06. The van der Waals surface area contributed by atoms with Crippen LogP contribution in [0.5, 0.6) is 6.01 Å². The van der Waals surface area contributed by atoms with E-state index in [4.69, 9.17) is 21.4 Å².